The van der Waals surface area contributed by atoms with Crippen molar-refractivity contribution < 1.29 is 5.11 Å². The highest BCUT2D eigenvalue weighted by atomic mass is 16.3. The van der Waals surface area contributed by atoms with Crippen molar-refractivity contribution in [1.29, 1.82) is 0 Å². The summed E-state index contributed by atoms with van der Waals surface area (Å²) >= 11 is 0. The van der Waals surface area contributed by atoms with Gasteiger partial charge in [0, 0.05) is 13.1 Å². The van der Waals surface area contributed by atoms with Crippen molar-refractivity contribution in [2.24, 2.45) is 5.73 Å². The van der Waals surface area contributed by atoms with E-state index in [0.29, 0.717) is 0 Å². The lowest BCUT2D eigenvalue weighted by atomic mass is 10.1. The molecule has 0 aliphatic carbocycles. The highest BCUT2D eigenvalue weighted by Crippen LogP contribution is 2.09. The summed E-state index contributed by atoms with van der Waals surface area (Å²) in [6.45, 7) is 5.63. The Kier molecular flexibility index (Phi) is 6.19. The van der Waals surface area contributed by atoms with Gasteiger partial charge in [0.05, 0.1) is 12.3 Å². The summed E-state index contributed by atoms with van der Waals surface area (Å²) in [5.74, 6) is 0. The van der Waals surface area contributed by atoms with Crippen LogP contribution in [0, 0.1) is 0 Å². The number of hydrogen-bond donors (Lipinski definition) is 2. The van der Waals surface area contributed by atoms with Crippen molar-refractivity contribution in [3.8, 4) is 0 Å². The summed E-state index contributed by atoms with van der Waals surface area (Å²) < 4.78 is 0. The first kappa shape index (κ1) is 14.2. The summed E-state index contributed by atoms with van der Waals surface area (Å²) in [5, 5.41) is 9.60. The standard InChI is InChI=1S/C14H24N2O/c1-3-4-10-16(14(15)12(2)17)11-13-8-6-5-7-9-13/h5-9,12,14,17H,3-4,10-11,15H2,1-2H3. The number of nitrogens with zero attached hydrogens (tertiary/aromatic N) is 1. The van der Waals surface area contributed by atoms with Gasteiger partial charge >= 0.3 is 0 Å². The summed E-state index contributed by atoms with van der Waals surface area (Å²) in [5.41, 5.74) is 7.26. The van der Waals surface area contributed by atoms with E-state index in [1.54, 1.807) is 6.92 Å². The molecule has 0 saturated heterocycles. The molecule has 3 heteroatoms. The predicted octanol–water partition coefficient (Wildman–Crippen LogP) is 1.95. The molecule has 3 N–H and O–H groups in total. The fraction of sp³-hybridized carbons (Fsp3) is 0.571. The van der Waals surface area contributed by atoms with E-state index in [-0.39, 0.29) is 6.17 Å². The Labute approximate surface area is 104 Å². The zero-order valence-corrected chi connectivity index (χ0v) is 10.8. The second-order valence-corrected chi connectivity index (χ2v) is 4.54. The molecule has 96 valence electrons. The van der Waals surface area contributed by atoms with Crippen LogP contribution in [0.1, 0.15) is 32.3 Å². The first-order valence-corrected chi connectivity index (χ1v) is 6.36. The molecule has 0 radical (unpaired) electrons. The highest BCUT2D eigenvalue weighted by Gasteiger charge is 2.18. The van der Waals surface area contributed by atoms with Crippen LogP contribution in [-0.2, 0) is 6.54 Å². The molecule has 0 fully saturated rings. The van der Waals surface area contributed by atoms with Crippen molar-refractivity contribution >= 4 is 0 Å². The van der Waals surface area contributed by atoms with E-state index in [4.69, 9.17) is 5.73 Å². The van der Waals surface area contributed by atoms with Gasteiger partial charge in [-0.2, -0.15) is 0 Å². The van der Waals surface area contributed by atoms with Crippen LogP contribution in [0.25, 0.3) is 0 Å². The number of nitrogens with two attached hydrogens (primary N) is 1. The molecule has 1 aromatic rings. The zero-order valence-electron chi connectivity index (χ0n) is 10.8. The Morgan fingerprint density at radius 2 is 1.94 bits per heavy atom. The largest absolute Gasteiger partial charge is 0.390 e. The number of hydrogen-bond acceptors (Lipinski definition) is 3. The van der Waals surface area contributed by atoms with Crippen molar-refractivity contribution in [2.75, 3.05) is 6.54 Å². The Morgan fingerprint density at radius 3 is 2.47 bits per heavy atom. The third-order valence-electron chi connectivity index (χ3n) is 2.94. The Hall–Kier alpha value is -0.900. The van der Waals surface area contributed by atoms with Gasteiger partial charge in [-0.25, -0.2) is 0 Å². The number of aliphatic hydroxyl groups is 1. The number of benzene rings is 1. The average Bonchev–Trinajstić information content (AvgIpc) is 2.34. The second-order valence-electron chi connectivity index (χ2n) is 4.54. The minimum Gasteiger partial charge on any atom is -0.390 e. The minimum absolute atomic E-state index is 0.290. The maximum Gasteiger partial charge on any atom is 0.0839 e. The van der Waals surface area contributed by atoms with E-state index in [9.17, 15) is 5.11 Å². The lowest BCUT2D eigenvalue weighted by Gasteiger charge is -2.30. The fourth-order valence-electron chi connectivity index (χ4n) is 1.82. The summed E-state index contributed by atoms with van der Waals surface area (Å²) in [6.07, 6.45) is 1.45. The van der Waals surface area contributed by atoms with Crippen molar-refractivity contribution in [2.45, 2.75) is 45.5 Å². The van der Waals surface area contributed by atoms with Gasteiger partial charge < -0.3 is 10.8 Å². The normalized spacial score (nSPS) is 14.9. The predicted molar refractivity (Wildman–Crippen MR) is 71.4 cm³/mol. The van der Waals surface area contributed by atoms with Crippen LogP contribution in [0.2, 0.25) is 0 Å². The summed E-state index contributed by atoms with van der Waals surface area (Å²) in [6, 6.07) is 10.2. The van der Waals surface area contributed by atoms with E-state index < -0.39 is 6.10 Å². The maximum atomic E-state index is 9.60. The number of unbranched alkanes of at least 4 members (excludes halogenated alkanes) is 1. The molecule has 0 amide bonds. The van der Waals surface area contributed by atoms with Crippen LogP contribution in [0.15, 0.2) is 30.3 Å². The topological polar surface area (TPSA) is 49.5 Å². The van der Waals surface area contributed by atoms with Gasteiger partial charge in [0.25, 0.3) is 0 Å². The lowest BCUT2D eigenvalue weighted by molar-refractivity contribution is 0.0581. The smallest absolute Gasteiger partial charge is 0.0839 e. The van der Waals surface area contributed by atoms with Crippen LogP contribution in [-0.4, -0.2) is 28.8 Å². The van der Waals surface area contributed by atoms with Crippen molar-refractivity contribution in [1.82, 2.24) is 4.90 Å². The molecule has 2 atom stereocenters. The number of aliphatic hydroxyl groups excluding tert-OH is 1. The van der Waals surface area contributed by atoms with Crippen LogP contribution in [0.3, 0.4) is 0 Å². The molecule has 0 aliphatic heterocycles. The van der Waals surface area contributed by atoms with E-state index in [0.717, 1.165) is 25.9 Å². The molecular weight excluding hydrogens is 212 g/mol. The third-order valence-corrected chi connectivity index (χ3v) is 2.94. The Morgan fingerprint density at radius 1 is 1.29 bits per heavy atom. The van der Waals surface area contributed by atoms with Gasteiger partial charge in [-0.1, -0.05) is 43.7 Å². The van der Waals surface area contributed by atoms with Crippen LogP contribution >= 0.6 is 0 Å². The molecule has 3 nitrogen and oxygen atoms in total. The SMILES string of the molecule is CCCCN(Cc1ccccc1)C(N)C(C)O. The maximum absolute atomic E-state index is 9.60. The van der Waals surface area contributed by atoms with E-state index in [1.165, 1.54) is 5.56 Å². The second kappa shape index (κ2) is 7.43. The van der Waals surface area contributed by atoms with Gasteiger partial charge in [-0.15, -0.1) is 0 Å². The molecule has 0 aromatic heterocycles. The van der Waals surface area contributed by atoms with E-state index in [2.05, 4.69) is 24.0 Å². The van der Waals surface area contributed by atoms with Gasteiger partial charge in [0.1, 0.15) is 0 Å². The molecule has 1 aromatic carbocycles. The molecule has 0 spiro atoms. The highest BCUT2D eigenvalue weighted by molar-refractivity contribution is 5.14. The Balaban J connectivity index is 2.63. The van der Waals surface area contributed by atoms with Crippen LogP contribution in [0.5, 0.6) is 0 Å². The van der Waals surface area contributed by atoms with E-state index >= 15 is 0 Å². The molecule has 0 saturated carbocycles. The molecule has 17 heavy (non-hydrogen) atoms. The lowest BCUT2D eigenvalue weighted by Crippen LogP contribution is -2.48. The number of rotatable bonds is 7. The van der Waals surface area contributed by atoms with Gasteiger partial charge in [0.2, 0.25) is 0 Å². The average molecular weight is 236 g/mol. The van der Waals surface area contributed by atoms with Gasteiger partial charge in [-0.05, 0) is 18.9 Å². The molecule has 0 aliphatic rings. The first-order chi connectivity index (χ1) is 8.15. The molecule has 2 unspecified atom stereocenters. The summed E-state index contributed by atoms with van der Waals surface area (Å²) in [4.78, 5) is 2.14. The van der Waals surface area contributed by atoms with Crippen LogP contribution < -0.4 is 5.73 Å². The van der Waals surface area contributed by atoms with Crippen molar-refractivity contribution in [3.63, 3.8) is 0 Å². The fourth-order valence-corrected chi connectivity index (χ4v) is 1.82. The van der Waals surface area contributed by atoms with Crippen molar-refractivity contribution in [3.05, 3.63) is 35.9 Å². The minimum atomic E-state index is -0.504. The monoisotopic (exact) mass is 236 g/mol. The zero-order chi connectivity index (χ0) is 12.7. The molecule has 0 heterocycles. The van der Waals surface area contributed by atoms with E-state index in [1.807, 2.05) is 18.2 Å². The van der Waals surface area contributed by atoms with Gasteiger partial charge in [-0.3, -0.25) is 4.90 Å². The molecular formula is C14H24N2O. The quantitative estimate of drug-likeness (QED) is 0.711. The molecule has 1 rings (SSSR count). The third kappa shape index (κ3) is 4.86. The van der Waals surface area contributed by atoms with Crippen LogP contribution in [0.4, 0.5) is 0 Å². The summed E-state index contributed by atoms with van der Waals surface area (Å²) in [7, 11) is 0. The first-order valence-electron chi connectivity index (χ1n) is 6.36. The molecule has 0 bridgehead atoms. The van der Waals surface area contributed by atoms with Gasteiger partial charge in [0.15, 0.2) is 0 Å². The Bertz CT molecular complexity index is 300.